The lowest BCUT2D eigenvalue weighted by Crippen LogP contribution is -2.40. The van der Waals surface area contributed by atoms with Gasteiger partial charge in [-0.2, -0.15) is 0 Å². The van der Waals surface area contributed by atoms with Crippen LogP contribution in [0.4, 0.5) is 0 Å². The van der Waals surface area contributed by atoms with Crippen LogP contribution in [0.25, 0.3) is 0 Å². The summed E-state index contributed by atoms with van der Waals surface area (Å²) in [5.41, 5.74) is 0.595. The first-order valence-electron chi connectivity index (χ1n) is 7.29. The molecule has 0 aromatic carbocycles. The van der Waals surface area contributed by atoms with Gasteiger partial charge in [-0.15, -0.1) is 0 Å². The lowest BCUT2D eigenvalue weighted by molar-refractivity contribution is 0.0882. The van der Waals surface area contributed by atoms with Crippen molar-refractivity contribution in [2.45, 2.75) is 65.7 Å². The van der Waals surface area contributed by atoms with Crippen LogP contribution in [0.15, 0.2) is 0 Å². The van der Waals surface area contributed by atoms with Gasteiger partial charge in [0.25, 0.3) is 0 Å². The van der Waals surface area contributed by atoms with Gasteiger partial charge in [-0.3, -0.25) is 0 Å². The second-order valence-electron chi connectivity index (χ2n) is 6.13. The van der Waals surface area contributed by atoms with E-state index in [1.807, 2.05) is 0 Å². The van der Waals surface area contributed by atoms with E-state index in [0.29, 0.717) is 5.41 Å². The van der Waals surface area contributed by atoms with Crippen LogP contribution in [0.2, 0.25) is 0 Å². The van der Waals surface area contributed by atoms with Crippen LogP contribution < -0.4 is 5.32 Å². The van der Waals surface area contributed by atoms with Gasteiger partial charge in [0, 0.05) is 6.54 Å². The van der Waals surface area contributed by atoms with Gasteiger partial charge >= 0.3 is 0 Å². The van der Waals surface area contributed by atoms with Gasteiger partial charge in [0.1, 0.15) is 0 Å². The van der Waals surface area contributed by atoms with Crippen LogP contribution in [-0.4, -0.2) is 13.6 Å². The molecule has 0 amide bonds. The molecule has 0 bridgehead atoms. The average Bonchev–Trinajstić information content (AvgIpc) is 2.28. The van der Waals surface area contributed by atoms with Crippen LogP contribution in [0.1, 0.15) is 65.7 Å². The lowest BCUT2D eigenvalue weighted by atomic mass is 9.64. The van der Waals surface area contributed by atoms with Crippen LogP contribution in [-0.2, 0) is 0 Å². The smallest absolute Gasteiger partial charge is 0.000726 e. The molecule has 0 radical (unpaired) electrons. The molecule has 0 heterocycles. The third kappa shape index (κ3) is 3.48. The molecular weight excluding hydrogens is 194 g/mol. The molecule has 1 fully saturated rings. The Hall–Kier alpha value is -0.0400. The fourth-order valence-corrected chi connectivity index (χ4v) is 3.34. The number of nitrogens with one attached hydrogen (secondary N) is 1. The molecule has 0 unspecified atom stereocenters. The van der Waals surface area contributed by atoms with E-state index in [0.717, 1.165) is 11.8 Å². The second kappa shape index (κ2) is 6.64. The molecule has 0 saturated heterocycles. The fourth-order valence-electron chi connectivity index (χ4n) is 3.34. The number of hydrogen-bond donors (Lipinski definition) is 1. The first-order chi connectivity index (χ1) is 7.64. The standard InChI is InChI=1S/C15H31N/c1-5-6-7-14-8-10-15(11-9-14,12-16-4)13(2)3/h13-14,16H,5-12H2,1-4H3. The summed E-state index contributed by atoms with van der Waals surface area (Å²) in [7, 11) is 2.10. The first-order valence-corrected chi connectivity index (χ1v) is 7.29. The molecule has 0 aromatic rings. The maximum absolute atomic E-state index is 3.42. The van der Waals surface area contributed by atoms with E-state index in [9.17, 15) is 0 Å². The molecule has 0 atom stereocenters. The van der Waals surface area contributed by atoms with E-state index in [1.165, 1.54) is 51.5 Å². The van der Waals surface area contributed by atoms with Gasteiger partial charge < -0.3 is 5.32 Å². The summed E-state index contributed by atoms with van der Waals surface area (Å²) in [5, 5.41) is 3.42. The van der Waals surface area contributed by atoms with E-state index in [-0.39, 0.29) is 0 Å². The zero-order valence-electron chi connectivity index (χ0n) is 11.8. The SMILES string of the molecule is CCCCC1CCC(CNC)(C(C)C)CC1. The minimum Gasteiger partial charge on any atom is -0.319 e. The quantitative estimate of drug-likeness (QED) is 0.713. The van der Waals surface area contributed by atoms with Gasteiger partial charge in [0.05, 0.1) is 0 Å². The maximum atomic E-state index is 3.42. The van der Waals surface area contributed by atoms with Crippen molar-refractivity contribution in [2.75, 3.05) is 13.6 Å². The zero-order valence-corrected chi connectivity index (χ0v) is 11.8. The van der Waals surface area contributed by atoms with E-state index in [2.05, 4.69) is 33.1 Å². The molecule has 0 spiro atoms. The Labute approximate surface area is 102 Å². The Morgan fingerprint density at radius 3 is 2.31 bits per heavy atom. The number of unbranched alkanes of at least 4 members (excludes halogenated alkanes) is 1. The number of hydrogen-bond acceptors (Lipinski definition) is 1. The van der Waals surface area contributed by atoms with E-state index >= 15 is 0 Å². The minimum absolute atomic E-state index is 0.595. The summed E-state index contributed by atoms with van der Waals surface area (Å²) in [6.07, 6.45) is 10.1. The Balaban J connectivity index is 2.43. The normalized spacial score (nSPS) is 30.9. The Morgan fingerprint density at radius 1 is 1.25 bits per heavy atom. The van der Waals surface area contributed by atoms with Crippen LogP contribution in [0, 0.1) is 17.3 Å². The molecule has 1 N–H and O–H groups in total. The van der Waals surface area contributed by atoms with Gasteiger partial charge in [0.2, 0.25) is 0 Å². The molecule has 1 aliphatic rings. The highest BCUT2D eigenvalue weighted by atomic mass is 14.8. The summed E-state index contributed by atoms with van der Waals surface area (Å²) in [5.74, 6) is 1.86. The van der Waals surface area contributed by atoms with Crippen molar-refractivity contribution in [2.24, 2.45) is 17.3 Å². The molecule has 1 aliphatic carbocycles. The molecule has 0 aliphatic heterocycles. The monoisotopic (exact) mass is 225 g/mol. The number of rotatable bonds is 6. The fraction of sp³-hybridized carbons (Fsp3) is 1.00. The predicted molar refractivity (Wildman–Crippen MR) is 72.7 cm³/mol. The van der Waals surface area contributed by atoms with Gasteiger partial charge in [-0.25, -0.2) is 0 Å². The summed E-state index contributed by atoms with van der Waals surface area (Å²) >= 11 is 0. The molecule has 1 nitrogen and oxygen atoms in total. The van der Waals surface area contributed by atoms with Crippen molar-refractivity contribution < 1.29 is 0 Å². The van der Waals surface area contributed by atoms with Gasteiger partial charge in [-0.05, 0) is 50.0 Å². The van der Waals surface area contributed by atoms with E-state index < -0.39 is 0 Å². The largest absolute Gasteiger partial charge is 0.319 e. The topological polar surface area (TPSA) is 12.0 Å². The second-order valence-corrected chi connectivity index (χ2v) is 6.13. The molecule has 1 rings (SSSR count). The lowest BCUT2D eigenvalue weighted by Gasteiger charge is -2.43. The Kier molecular flexibility index (Phi) is 5.82. The molecule has 16 heavy (non-hydrogen) atoms. The first kappa shape index (κ1) is 14.0. The highest BCUT2D eigenvalue weighted by Crippen LogP contribution is 2.45. The average molecular weight is 225 g/mol. The summed E-state index contributed by atoms with van der Waals surface area (Å²) in [4.78, 5) is 0. The maximum Gasteiger partial charge on any atom is 0.000726 e. The highest BCUT2D eigenvalue weighted by molar-refractivity contribution is 4.89. The summed E-state index contributed by atoms with van der Waals surface area (Å²) < 4.78 is 0. The molecule has 1 heteroatoms. The van der Waals surface area contributed by atoms with Gasteiger partial charge in [0.15, 0.2) is 0 Å². The van der Waals surface area contributed by atoms with Crippen LogP contribution >= 0.6 is 0 Å². The predicted octanol–water partition coefficient (Wildman–Crippen LogP) is 4.23. The molecule has 96 valence electrons. The Bertz CT molecular complexity index is 178. The van der Waals surface area contributed by atoms with E-state index in [1.54, 1.807) is 0 Å². The van der Waals surface area contributed by atoms with Crippen molar-refractivity contribution >= 4 is 0 Å². The Morgan fingerprint density at radius 2 is 1.88 bits per heavy atom. The third-order valence-electron chi connectivity index (χ3n) is 4.82. The van der Waals surface area contributed by atoms with Gasteiger partial charge in [-0.1, -0.05) is 40.0 Å². The van der Waals surface area contributed by atoms with Crippen molar-refractivity contribution in [3.63, 3.8) is 0 Å². The molecular formula is C15H31N. The zero-order chi connectivity index (χ0) is 12.0. The van der Waals surface area contributed by atoms with Crippen LogP contribution in [0.3, 0.4) is 0 Å². The van der Waals surface area contributed by atoms with Crippen LogP contribution in [0.5, 0.6) is 0 Å². The molecule has 0 aromatic heterocycles. The van der Waals surface area contributed by atoms with Crippen molar-refractivity contribution in [3.8, 4) is 0 Å². The minimum atomic E-state index is 0.595. The summed E-state index contributed by atoms with van der Waals surface area (Å²) in [6.45, 7) is 8.33. The van der Waals surface area contributed by atoms with Crippen molar-refractivity contribution in [1.29, 1.82) is 0 Å². The molecule has 1 saturated carbocycles. The van der Waals surface area contributed by atoms with E-state index in [4.69, 9.17) is 0 Å². The third-order valence-corrected chi connectivity index (χ3v) is 4.82. The van der Waals surface area contributed by atoms with Crippen molar-refractivity contribution in [1.82, 2.24) is 5.32 Å². The summed E-state index contributed by atoms with van der Waals surface area (Å²) in [6, 6.07) is 0. The van der Waals surface area contributed by atoms with Crippen molar-refractivity contribution in [3.05, 3.63) is 0 Å². The highest BCUT2D eigenvalue weighted by Gasteiger charge is 2.36.